The van der Waals surface area contributed by atoms with Crippen LogP contribution in [0.15, 0.2) is 72.8 Å². The molecule has 3 aromatic carbocycles. The maximum atomic E-state index is 13.5. The van der Waals surface area contributed by atoms with Crippen LogP contribution in [0.5, 0.6) is 0 Å². The topological polar surface area (TPSA) is 113 Å². The number of hydrogen-bond donors (Lipinski definition) is 2. The minimum atomic E-state index is -3.39. The molecule has 3 aromatic rings. The SMILES string of the molecule is CC[C@H]1C[C@@H](COCc2ccccc2)N(Cc2ccc(C(=O)N[C@@H](CCS(C)(=O)=O)C(=O)O)c(-c3ccccc3C)c2)C1. The molecular weight excluding hydrogens is 564 g/mol. The number of sulfone groups is 1. The molecule has 0 aliphatic carbocycles. The average Bonchev–Trinajstić information content (AvgIpc) is 3.36. The van der Waals surface area contributed by atoms with Gasteiger partial charge in [-0.3, -0.25) is 9.69 Å². The van der Waals surface area contributed by atoms with Crippen molar-refractivity contribution in [2.75, 3.05) is 25.2 Å². The van der Waals surface area contributed by atoms with E-state index in [9.17, 15) is 23.1 Å². The van der Waals surface area contributed by atoms with Crippen LogP contribution in [0.4, 0.5) is 0 Å². The Morgan fingerprint density at radius 2 is 1.74 bits per heavy atom. The fourth-order valence-corrected chi connectivity index (χ4v) is 6.35. The number of carbonyl (C=O) groups is 2. The summed E-state index contributed by atoms with van der Waals surface area (Å²) in [7, 11) is -3.39. The van der Waals surface area contributed by atoms with E-state index in [0.717, 1.165) is 47.9 Å². The Bertz CT molecular complexity index is 1510. The fourth-order valence-electron chi connectivity index (χ4n) is 5.68. The van der Waals surface area contributed by atoms with E-state index >= 15 is 0 Å². The number of nitrogens with zero attached hydrogens (tertiary/aromatic N) is 1. The van der Waals surface area contributed by atoms with Gasteiger partial charge in [-0.15, -0.1) is 0 Å². The molecule has 3 atom stereocenters. The van der Waals surface area contributed by atoms with E-state index in [1.165, 1.54) is 0 Å². The first-order chi connectivity index (χ1) is 20.5. The Labute approximate surface area is 255 Å². The molecule has 1 saturated heterocycles. The molecule has 0 saturated carbocycles. The lowest BCUT2D eigenvalue weighted by molar-refractivity contribution is -0.139. The van der Waals surface area contributed by atoms with E-state index in [1.54, 1.807) is 6.07 Å². The molecule has 8 nitrogen and oxygen atoms in total. The van der Waals surface area contributed by atoms with Gasteiger partial charge in [0.15, 0.2) is 0 Å². The zero-order valence-electron chi connectivity index (χ0n) is 25.2. The second kappa shape index (κ2) is 14.8. The first kappa shape index (κ1) is 32.4. The molecule has 0 aromatic heterocycles. The van der Waals surface area contributed by atoms with Crippen molar-refractivity contribution >= 4 is 21.7 Å². The maximum absolute atomic E-state index is 13.5. The second-order valence-corrected chi connectivity index (χ2v) is 13.8. The van der Waals surface area contributed by atoms with Gasteiger partial charge >= 0.3 is 5.97 Å². The van der Waals surface area contributed by atoms with Crippen molar-refractivity contribution in [2.24, 2.45) is 5.92 Å². The summed E-state index contributed by atoms with van der Waals surface area (Å²) in [4.78, 5) is 27.8. The number of hydrogen-bond acceptors (Lipinski definition) is 6. The third-order valence-corrected chi connectivity index (χ3v) is 9.12. The minimum absolute atomic E-state index is 0.209. The highest BCUT2D eigenvalue weighted by atomic mass is 32.2. The Hall–Kier alpha value is -3.53. The lowest BCUT2D eigenvalue weighted by atomic mass is 9.93. The zero-order chi connectivity index (χ0) is 31.0. The van der Waals surface area contributed by atoms with Crippen molar-refractivity contribution in [1.29, 1.82) is 0 Å². The second-order valence-electron chi connectivity index (χ2n) is 11.6. The van der Waals surface area contributed by atoms with Crippen LogP contribution < -0.4 is 5.32 Å². The minimum Gasteiger partial charge on any atom is -0.480 e. The van der Waals surface area contributed by atoms with E-state index in [1.807, 2.05) is 61.5 Å². The van der Waals surface area contributed by atoms with Gasteiger partial charge in [0.1, 0.15) is 15.9 Å². The van der Waals surface area contributed by atoms with Crippen LogP contribution in [0.25, 0.3) is 11.1 Å². The normalized spacial score (nSPS) is 17.9. The van der Waals surface area contributed by atoms with Crippen molar-refractivity contribution in [3.05, 3.63) is 95.1 Å². The first-order valence-electron chi connectivity index (χ1n) is 14.8. The standard InChI is InChI=1S/C34H42N2O6S/c1-4-25-18-28(23-42-22-26-11-6-5-7-12-26)36(20-25)21-27-14-15-30(31(19-27)29-13-9-8-10-24(29)2)33(37)35-32(34(38)39)16-17-43(3,40)41/h5-15,19,25,28,32H,4,16-18,20-23H2,1-3H3,(H,35,37)(H,38,39)/t25-,28-,32-/m0/s1. The van der Waals surface area contributed by atoms with Gasteiger partial charge < -0.3 is 15.2 Å². The molecule has 1 amide bonds. The van der Waals surface area contributed by atoms with Gasteiger partial charge in [-0.25, -0.2) is 13.2 Å². The van der Waals surface area contributed by atoms with E-state index in [2.05, 4.69) is 29.3 Å². The number of nitrogens with one attached hydrogen (secondary N) is 1. The molecule has 2 N–H and O–H groups in total. The monoisotopic (exact) mass is 606 g/mol. The number of benzene rings is 3. The van der Waals surface area contributed by atoms with Crippen molar-refractivity contribution < 1.29 is 27.9 Å². The maximum Gasteiger partial charge on any atom is 0.326 e. The first-order valence-corrected chi connectivity index (χ1v) is 16.9. The predicted molar refractivity (Wildman–Crippen MR) is 169 cm³/mol. The van der Waals surface area contributed by atoms with Gasteiger partial charge in [-0.2, -0.15) is 0 Å². The molecule has 1 aliphatic heterocycles. The van der Waals surface area contributed by atoms with Gasteiger partial charge in [-0.05, 0) is 65.6 Å². The summed E-state index contributed by atoms with van der Waals surface area (Å²) in [5.74, 6) is -1.57. The molecule has 1 fully saturated rings. The summed E-state index contributed by atoms with van der Waals surface area (Å²) in [6, 6.07) is 22.6. The van der Waals surface area contributed by atoms with Crippen LogP contribution in [-0.4, -0.2) is 67.5 Å². The van der Waals surface area contributed by atoms with E-state index in [0.29, 0.717) is 36.8 Å². The molecule has 230 valence electrons. The van der Waals surface area contributed by atoms with E-state index < -0.39 is 27.8 Å². The third kappa shape index (κ3) is 9.23. The molecule has 43 heavy (non-hydrogen) atoms. The summed E-state index contributed by atoms with van der Waals surface area (Å²) in [5, 5.41) is 12.2. The van der Waals surface area contributed by atoms with Crippen molar-refractivity contribution in [3.8, 4) is 11.1 Å². The van der Waals surface area contributed by atoms with Crippen LogP contribution >= 0.6 is 0 Å². The summed E-state index contributed by atoms with van der Waals surface area (Å²) in [6.07, 6.45) is 3.01. The number of ether oxygens (including phenoxy) is 1. The van der Waals surface area contributed by atoms with Gasteiger partial charge in [0, 0.05) is 31.0 Å². The Morgan fingerprint density at radius 1 is 1.02 bits per heavy atom. The van der Waals surface area contributed by atoms with Gasteiger partial charge in [0.25, 0.3) is 5.91 Å². The summed E-state index contributed by atoms with van der Waals surface area (Å²) < 4.78 is 29.4. The van der Waals surface area contributed by atoms with Crippen LogP contribution in [-0.2, 0) is 32.5 Å². The number of aryl methyl sites for hydroxylation is 1. The Balaban J connectivity index is 1.56. The van der Waals surface area contributed by atoms with Gasteiger partial charge in [-0.1, -0.05) is 74.0 Å². The number of aliphatic carboxylic acids is 1. The molecule has 4 rings (SSSR count). The largest absolute Gasteiger partial charge is 0.480 e. The number of amides is 1. The Kier molecular flexibility index (Phi) is 11.1. The van der Waals surface area contributed by atoms with E-state index in [-0.39, 0.29) is 18.2 Å². The summed E-state index contributed by atoms with van der Waals surface area (Å²) >= 11 is 0. The number of carbonyl (C=O) groups excluding carboxylic acids is 1. The molecule has 9 heteroatoms. The highest BCUT2D eigenvalue weighted by molar-refractivity contribution is 7.90. The van der Waals surface area contributed by atoms with Crippen LogP contribution in [0.1, 0.15) is 53.2 Å². The van der Waals surface area contributed by atoms with Crippen LogP contribution in [0.3, 0.4) is 0 Å². The number of rotatable bonds is 14. The highest BCUT2D eigenvalue weighted by Crippen LogP contribution is 2.31. The molecule has 0 bridgehead atoms. The predicted octanol–water partition coefficient (Wildman–Crippen LogP) is 5.10. The van der Waals surface area contributed by atoms with Gasteiger partial charge in [0.05, 0.1) is 19.0 Å². The highest BCUT2D eigenvalue weighted by Gasteiger charge is 2.31. The molecule has 1 aliphatic rings. The zero-order valence-corrected chi connectivity index (χ0v) is 26.0. The molecule has 0 radical (unpaired) electrons. The van der Waals surface area contributed by atoms with Gasteiger partial charge in [0.2, 0.25) is 0 Å². The quantitative estimate of drug-likeness (QED) is 0.263. The lowest BCUT2D eigenvalue weighted by Crippen LogP contribution is -2.42. The van der Waals surface area contributed by atoms with Crippen LogP contribution in [0.2, 0.25) is 0 Å². The molecule has 0 spiro atoms. The molecule has 0 unspecified atom stereocenters. The van der Waals surface area contributed by atoms with Crippen molar-refractivity contribution in [1.82, 2.24) is 10.2 Å². The Morgan fingerprint density at radius 3 is 2.42 bits per heavy atom. The summed E-state index contributed by atoms with van der Waals surface area (Å²) in [6.45, 7) is 7.08. The molecule has 1 heterocycles. The third-order valence-electron chi connectivity index (χ3n) is 8.14. The summed E-state index contributed by atoms with van der Waals surface area (Å²) in [5.41, 5.74) is 5.12. The lowest BCUT2D eigenvalue weighted by Gasteiger charge is -2.25. The average molecular weight is 607 g/mol. The van der Waals surface area contributed by atoms with Crippen molar-refractivity contribution in [2.45, 2.75) is 58.3 Å². The van der Waals surface area contributed by atoms with Crippen molar-refractivity contribution in [3.63, 3.8) is 0 Å². The number of likely N-dealkylation sites (tertiary alicyclic amines) is 1. The van der Waals surface area contributed by atoms with Crippen LogP contribution in [0, 0.1) is 12.8 Å². The number of carboxylic acids is 1. The number of carboxylic acid groups (broad SMARTS) is 1. The smallest absolute Gasteiger partial charge is 0.326 e. The van der Waals surface area contributed by atoms with E-state index in [4.69, 9.17) is 4.74 Å². The fraction of sp³-hybridized carbons (Fsp3) is 0.412. The molecular formula is C34H42N2O6S.